The normalized spacial score (nSPS) is 13.4. The summed E-state index contributed by atoms with van der Waals surface area (Å²) in [5.74, 6) is -3.39. The van der Waals surface area contributed by atoms with E-state index in [9.17, 15) is 8.78 Å². The summed E-state index contributed by atoms with van der Waals surface area (Å²) in [7, 11) is 0. The van der Waals surface area contributed by atoms with Gasteiger partial charge in [-0.05, 0) is 0 Å². The molecule has 1 aromatic rings. The molecule has 74 valence electrons. The highest BCUT2D eigenvalue weighted by Gasteiger charge is 2.34. The van der Waals surface area contributed by atoms with Crippen LogP contribution in [0.1, 0.15) is 39.4 Å². The number of hydrogen-bond donors (Lipinski definition) is 0. The van der Waals surface area contributed by atoms with Crippen molar-refractivity contribution >= 4 is 0 Å². The third-order valence-corrected chi connectivity index (χ3v) is 1.47. The van der Waals surface area contributed by atoms with Crippen molar-refractivity contribution in [2.24, 2.45) is 0 Å². The van der Waals surface area contributed by atoms with E-state index in [2.05, 4.69) is 14.7 Å². The van der Waals surface area contributed by atoms with Gasteiger partial charge >= 0.3 is 5.92 Å². The van der Waals surface area contributed by atoms with Crippen molar-refractivity contribution in [3.05, 3.63) is 11.7 Å². The van der Waals surface area contributed by atoms with Crippen LogP contribution in [0.25, 0.3) is 0 Å². The molecule has 0 aliphatic rings. The van der Waals surface area contributed by atoms with E-state index in [0.717, 1.165) is 6.92 Å². The molecule has 1 rings (SSSR count). The first-order chi connectivity index (χ1) is 5.71. The minimum atomic E-state index is -3.06. The first kappa shape index (κ1) is 10.1. The van der Waals surface area contributed by atoms with Gasteiger partial charge in [0.05, 0.1) is 0 Å². The Kier molecular flexibility index (Phi) is 2.13. The van der Waals surface area contributed by atoms with E-state index in [1.807, 2.05) is 20.8 Å². The van der Waals surface area contributed by atoms with Crippen molar-refractivity contribution in [2.75, 3.05) is 0 Å². The first-order valence-corrected chi connectivity index (χ1v) is 3.94. The third kappa shape index (κ3) is 2.23. The average Bonchev–Trinajstić information content (AvgIpc) is 2.28. The zero-order valence-corrected chi connectivity index (χ0v) is 8.06. The summed E-state index contributed by atoms with van der Waals surface area (Å²) in [6, 6.07) is 0. The van der Waals surface area contributed by atoms with Gasteiger partial charge in [-0.3, -0.25) is 0 Å². The molecule has 0 aliphatic carbocycles. The monoisotopic (exact) mass is 190 g/mol. The molecular formula is C8H12F2N2O. The summed E-state index contributed by atoms with van der Waals surface area (Å²) < 4.78 is 29.8. The highest BCUT2D eigenvalue weighted by molar-refractivity contribution is 5.01. The number of hydrogen-bond acceptors (Lipinski definition) is 3. The van der Waals surface area contributed by atoms with Crippen LogP contribution in [0.3, 0.4) is 0 Å². The van der Waals surface area contributed by atoms with Crippen LogP contribution in [0.4, 0.5) is 8.78 Å². The maximum absolute atomic E-state index is 12.7. The van der Waals surface area contributed by atoms with Crippen LogP contribution in [0, 0.1) is 0 Å². The molecule has 1 aromatic heterocycles. The predicted octanol–water partition coefficient (Wildman–Crippen LogP) is 2.48. The minimum absolute atomic E-state index is 0.295. The van der Waals surface area contributed by atoms with Crippen LogP contribution in [0.5, 0.6) is 0 Å². The topological polar surface area (TPSA) is 38.9 Å². The van der Waals surface area contributed by atoms with Gasteiger partial charge < -0.3 is 4.52 Å². The fourth-order valence-corrected chi connectivity index (χ4v) is 0.706. The molecule has 0 aliphatic heterocycles. The highest BCUT2D eigenvalue weighted by Crippen LogP contribution is 2.27. The SMILES string of the molecule is CC(C)(C)c1noc(C(C)(F)F)n1. The summed E-state index contributed by atoms with van der Waals surface area (Å²) in [6.07, 6.45) is 0. The summed E-state index contributed by atoms with van der Waals surface area (Å²) in [5, 5.41) is 3.49. The van der Waals surface area contributed by atoms with Gasteiger partial charge in [-0.15, -0.1) is 0 Å². The molecule has 1 heterocycles. The van der Waals surface area contributed by atoms with E-state index >= 15 is 0 Å². The van der Waals surface area contributed by atoms with E-state index in [1.165, 1.54) is 0 Å². The molecule has 13 heavy (non-hydrogen) atoms. The molecule has 0 radical (unpaired) electrons. The molecule has 0 atom stereocenters. The maximum atomic E-state index is 12.7. The Morgan fingerprint density at radius 2 is 1.69 bits per heavy atom. The second kappa shape index (κ2) is 2.75. The number of aromatic nitrogens is 2. The zero-order valence-electron chi connectivity index (χ0n) is 8.06. The Labute approximate surface area is 75.1 Å². The molecule has 0 aromatic carbocycles. The van der Waals surface area contributed by atoms with Gasteiger partial charge in [0.25, 0.3) is 5.89 Å². The van der Waals surface area contributed by atoms with Gasteiger partial charge in [-0.25, -0.2) is 0 Å². The van der Waals surface area contributed by atoms with E-state index in [0.29, 0.717) is 5.82 Å². The lowest BCUT2D eigenvalue weighted by Crippen LogP contribution is -2.14. The average molecular weight is 190 g/mol. The molecule has 5 heteroatoms. The van der Waals surface area contributed by atoms with Crippen molar-refractivity contribution < 1.29 is 13.3 Å². The zero-order chi connectivity index (χ0) is 10.3. The summed E-state index contributed by atoms with van der Waals surface area (Å²) >= 11 is 0. The van der Waals surface area contributed by atoms with E-state index in [-0.39, 0.29) is 5.41 Å². The Morgan fingerprint density at radius 3 is 1.92 bits per heavy atom. The van der Waals surface area contributed by atoms with E-state index in [4.69, 9.17) is 0 Å². The lowest BCUT2D eigenvalue weighted by Gasteiger charge is -2.11. The quantitative estimate of drug-likeness (QED) is 0.682. The second-order valence-corrected chi connectivity index (χ2v) is 4.06. The van der Waals surface area contributed by atoms with Crippen molar-refractivity contribution in [1.29, 1.82) is 0 Å². The Hall–Kier alpha value is -1.00. The van der Waals surface area contributed by atoms with Gasteiger partial charge in [0.1, 0.15) is 0 Å². The fraction of sp³-hybridized carbons (Fsp3) is 0.750. The van der Waals surface area contributed by atoms with Crippen LogP contribution in [0.2, 0.25) is 0 Å². The molecule has 0 saturated carbocycles. The lowest BCUT2D eigenvalue weighted by atomic mass is 9.96. The van der Waals surface area contributed by atoms with Crippen molar-refractivity contribution in [3.8, 4) is 0 Å². The second-order valence-electron chi connectivity index (χ2n) is 4.06. The number of halogens is 2. The lowest BCUT2D eigenvalue weighted by molar-refractivity contribution is -0.0158. The summed E-state index contributed by atoms with van der Waals surface area (Å²) in [5.41, 5.74) is -0.368. The van der Waals surface area contributed by atoms with Crippen molar-refractivity contribution in [2.45, 2.75) is 39.0 Å². The minimum Gasteiger partial charge on any atom is -0.333 e. The van der Waals surface area contributed by atoms with Crippen molar-refractivity contribution in [3.63, 3.8) is 0 Å². The van der Waals surface area contributed by atoms with Gasteiger partial charge in [-0.1, -0.05) is 25.9 Å². The Morgan fingerprint density at radius 1 is 1.15 bits per heavy atom. The summed E-state index contributed by atoms with van der Waals surface area (Å²) in [4.78, 5) is 3.62. The molecule has 0 spiro atoms. The molecular weight excluding hydrogens is 178 g/mol. The van der Waals surface area contributed by atoms with Gasteiger partial charge in [0.15, 0.2) is 5.82 Å². The van der Waals surface area contributed by atoms with Gasteiger partial charge in [-0.2, -0.15) is 13.8 Å². The fourth-order valence-electron chi connectivity index (χ4n) is 0.706. The van der Waals surface area contributed by atoms with Crippen LogP contribution >= 0.6 is 0 Å². The Bertz CT molecular complexity index is 267. The highest BCUT2D eigenvalue weighted by atomic mass is 19.3. The third-order valence-electron chi connectivity index (χ3n) is 1.47. The standard InChI is InChI=1S/C8H12F2N2O/c1-7(2,3)5-11-6(13-12-5)8(4,9)10/h1-4H3. The largest absolute Gasteiger partial charge is 0.333 e. The maximum Gasteiger partial charge on any atom is 0.322 e. The molecule has 0 fully saturated rings. The predicted molar refractivity (Wildman–Crippen MR) is 42.6 cm³/mol. The van der Waals surface area contributed by atoms with Crippen LogP contribution < -0.4 is 0 Å². The van der Waals surface area contributed by atoms with E-state index in [1.54, 1.807) is 0 Å². The summed E-state index contributed by atoms with van der Waals surface area (Å²) in [6.45, 7) is 6.22. The van der Waals surface area contributed by atoms with Crippen LogP contribution in [-0.4, -0.2) is 10.1 Å². The van der Waals surface area contributed by atoms with Crippen molar-refractivity contribution in [1.82, 2.24) is 10.1 Å². The first-order valence-electron chi connectivity index (χ1n) is 3.94. The van der Waals surface area contributed by atoms with Crippen LogP contribution in [-0.2, 0) is 11.3 Å². The number of alkyl halides is 2. The smallest absolute Gasteiger partial charge is 0.322 e. The molecule has 0 amide bonds. The molecule has 0 saturated heterocycles. The number of nitrogens with zero attached hydrogens (tertiary/aromatic N) is 2. The van der Waals surface area contributed by atoms with Crippen LogP contribution in [0.15, 0.2) is 4.52 Å². The Balaban J connectivity index is 3.01. The molecule has 0 unspecified atom stereocenters. The van der Waals surface area contributed by atoms with Gasteiger partial charge in [0, 0.05) is 12.3 Å². The van der Waals surface area contributed by atoms with Gasteiger partial charge in [0.2, 0.25) is 0 Å². The number of rotatable bonds is 1. The molecule has 0 bridgehead atoms. The molecule has 3 nitrogen and oxygen atoms in total. The van der Waals surface area contributed by atoms with E-state index < -0.39 is 11.8 Å². The molecule has 0 N–H and O–H groups in total.